The topological polar surface area (TPSA) is 55.8 Å². The maximum atomic E-state index is 12.3. The van der Waals surface area contributed by atoms with Gasteiger partial charge in [0.25, 0.3) is 0 Å². The van der Waals surface area contributed by atoms with E-state index in [0.29, 0.717) is 32.2 Å². The Labute approximate surface area is 113 Å². The Bertz CT molecular complexity index is 381. The molecule has 0 aliphatic carbocycles. The van der Waals surface area contributed by atoms with Crippen molar-refractivity contribution >= 4 is 21.6 Å². The van der Waals surface area contributed by atoms with Crippen molar-refractivity contribution in [3.63, 3.8) is 0 Å². The molecule has 5 nitrogen and oxygen atoms in total. The number of sulfonamides is 1. The molecule has 0 bridgehead atoms. The first kappa shape index (κ1) is 14.5. The van der Waals surface area contributed by atoms with Gasteiger partial charge >= 0.3 is 0 Å². The SMILES string of the molecule is CC(CCl)CS(=O)(=O)N1CCCC2(C1)OCCO2. The fourth-order valence-corrected chi connectivity index (χ4v) is 4.52. The molecule has 2 saturated heterocycles. The van der Waals surface area contributed by atoms with E-state index in [9.17, 15) is 8.42 Å². The van der Waals surface area contributed by atoms with Crippen LogP contribution in [0.4, 0.5) is 0 Å². The summed E-state index contributed by atoms with van der Waals surface area (Å²) in [6, 6.07) is 0. The predicted molar refractivity (Wildman–Crippen MR) is 69.1 cm³/mol. The van der Waals surface area contributed by atoms with Gasteiger partial charge in [-0.2, -0.15) is 4.31 Å². The summed E-state index contributed by atoms with van der Waals surface area (Å²) in [5.74, 6) is -0.298. The number of alkyl halides is 1. The number of ether oxygens (including phenoxy) is 2. The van der Waals surface area contributed by atoms with Crippen molar-refractivity contribution in [1.29, 1.82) is 0 Å². The largest absolute Gasteiger partial charge is 0.346 e. The lowest BCUT2D eigenvalue weighted by atomic mass is 10.1. The van der Waals surface area contributed by atoms with Gasteiger partial charge in [0.2, 0.25) is 10.0 Å². The molecule has 2 heterocycles. The van der Waals surface area contributed by atoms with Crippen LogP contribution < -0.4 is 0 Å². The molecule has 1 atom stereocenters. The van der Waals surface area contributed by atoms with Crippen molar-refractivity contribution in [2.45, 2.75) is 25.6 Å². The molecule has 0 aromatic rings. The molecule has 2 aliphatic rings. The minimum atomic E-state index is -3.27. The molecule has 2 rings (SSSR count). The summed E-state index contributed by atoms with van der Waals surface area (Å²) < 4.78 is 37.2. The lowest BCUT2D eigenvalue weighted by Crippen LogP contribution is -2.51. The van der Waals surface area contributed by atoms with Crippen molar-refractivity contribution < 1.29 is 17.9 Å². The second kappa shape index (κ2) is 5.63. The zero-order valence-electron chi connectivity index (χ0n) is 10.6. The molecular weight excluding hydrogens is 278 g/mol. The van der Waals surface area contributed by atoms with E-state index in [1.165, 1.54) is 4.31 Å². The standard InChI is InChI=1S/C11H20ClNO4S/c1-10(7-12)8-18(14,15)13-4-2-3-11(9-13)16-5-6-17-11/h10H,2-9H2,1H3. The average Bonchev–Trinajstić information content (AvgIpc) is 2.76. The van der Waals surface area contributed by atoms with Crippen LogP contribution in [-0.2, 0) is 19.5 Å². The number of piperidine rings is 1. The Hall–Kier alpha value is 0.120. The molecule has 0 N–H and O–H groups in total. The fraction of sp³-hybridized carbons (Fsp3) is 1.00. The number of nitrogens with zero attached hydrogens (tertiary/aromatic N) is 1. The van der Waals surface area contributed by atoms with Crippen LogP contribution in [0.25, 0.3) is 0 Å². The Balaban J connectivity index is 2.04. The molecule has 7 heteroatoms. The molecule has 2 aliphatic heterocycles. The first-order valence-electron chi connectivity index (χ1n) is 6.29. The van der Waals surface area contributed by atoms with E-state index in [1.807, 2.05) is 6.92 Å². The third-order valence-electron chi connectivity index (χ3n) is 3.35. The van der Waals surface area contributed by atoms with Crippen LogP contribution in [0.5, 0.6) is 0 Å². The Kier molecular flexibility index (Phi) is 4.54. The van der Waals surface area contributed by atoms with E-state index >= 15 is 0 Å². The normalized spacial score (nSPS) is 26.6. The minimum Gasteiger partial charge on any atom is -0.346 e. The summed E-state index contributed by atoms with van der Waals surface area (Å²) in [6.45, 7) is 3.79. The van der Waals surface area contributed by atoms with Gasteiger partial charge in [-0.1, -0.05) is 6.92 Å². The molecule has 1 unspecified atom stereocenters. The first-order chi connectivity index (χ1) is 8.47. The number of hydrogen-bond acceptors (Lipinski definition) is 4. The maximum Gasteiger partial charge on any atom is 0.214 e. The summed E-state index contributed by atoms with van der Waals surface area (Å²) in [7, 11) is -3.27. The molecule has 2 fully saturated rings. The van der Waals surface area contributed by atoms with Gasteiger partial charge in [-0.15, -0.1) is 11.6 Å². The predicted octanol–water partition coefficient (Wildman–Crippen LogP) is 1.03. The summed E-state index contributed by atoms with van der Waals surface area (Å²) >= 11 is 5.69. The highest BCUT2D eigenvalue weighted by atomic mass is 35.5. The fourth-order valence-electron chi connectivity index (χ4n) is 2.43. The van der Waals surface area contributed by atoms with Crippen LogP contribution in [0.1, 0.15) is 19.8 Å². The monoisotopic (exact) mass is 297 g/mol. The summed E-state index contributed by atoms with van der Waals surface area (Å²) in [6.07, 6.45) is 1.54. The van der Waals surface area contributed by atoms with Crippen molar-refractivity contribution in [2.24, 2.45) is 5.92 Å². The van der Waals surface area contributed by atoms with Crippen LogP contribution in [0.2, 0.25) is 0 Å². The zero-order chi connectivity index (χ0) is 13.2. The second-order valence-electron chi connectivity index (χ2n) is 5.08. The second-order valence-corrected chi connectivity index (χ2v) is 7.40. The van der Waals surface area contributed by atoms with Crippen LogP contribution in [-0.4, -0.2) is 56.4 Å². The molecule has 106 valence electrons. The smallest absolute Gasteiger partial charge is 0.214 e. The van der Waals surface area contributed by atoms with Gasteiger partial charge in [0, 0.05) is 18.8 Å². The van der Waals surface area contributed by atoms with E-state index in [4.69, 9.17) is 21.1 Å². The average molecular weight is 298 g/mol. The van der Waals surface area contributed by atoms with Crippen molar-refractivity contribution in [1.82, 2.24) is 4.31 Å². The van der Waals surface area contributed by atoms with Crippen LogP contribution in [0.3, 0.4) is 0 Å². The molecular formula is C11H20ClNO4S. The van der Waals surface area contributed by atoms with Crippen LogP contribution in [0.15, 0.2) is 0 Å². The van der Waals surface area contributed by atoms with Crippen LogP contribution in [0, 0.1) is 5.92 Å². The van der Waals surface area contributed by atoms with Crippen molar-refractivity contribution in [2.75, 3.05) is 37.9 Å². The summed E-state index contributed by atoms with van der Waals surface area (Å²) in [4.78, 5) is 0. The molecule has 0 saturated carbocycles. The van der Waals surface area contributed by atoms with E-state index in [1.54, 1.807) is 0 Å². The van der Waals surface area contributed by atoms with Gasteiger partial charge in [-0.05, 0) is 12.3 Å². The summed E-state index contributed by atoms with van der Waals surface area (Å²) in [5, 5.41) is 0. The van der Waals surface area contributed by atoms with Gasteiger partial charge in [-0.25, -0.2) is 8.42 Å². The maximum absolute atomic E-state index is 12.3. The van der Waals surface area contributed by atoms with Gasteiger partial charge in [0.15, 0.2) is 5.79 Å². The van der Waals surface area contributed by atoms with Gasteiger partial charge < -0.3 is 9.47 Å². The molecule has 0 radical (unpaired) electrons. The van der Waals surface area contributed by atoms with Gasteiger partial charge in [0.1, 0.15) is 0 Å². The molecule has 18 heavy (non-hydrogen) atoms. The number of halogens is 1. The third-order valence-corrected chi connectivity index (χ3v) is 5.96. The molecule has 0 aromatic heterocycles. The van der Waals surface area contributed by atoms with Gasteiger partial charge in [0.05, 0.1) is 25.5 Å². The lowest BCUT2D eigenvalue weighted by molar-refractivity contribution is -0.179. The van der Waals surface area contributed by atoms with Crippen LogP contribution >= 0.6 is 11.6 Å². The number of rotatable bonds is 4. The van der Waals surface area contributed by atoms with E-state index in [2.05, 4.69) is 0 Å². The highest BCUT2D eigenvalue weighted by Crippen LogP contribution is 2.31. The van der Waals surface area contributed by atoms with E-state index in [0.717, 1.165) is 12.8 Å². The summed E-state index contributed by atoms with van der Waals surface area (Å²) in [5.41, 5.74) is 0. The minimum absolute atomic E-state index is 0.0417. The van der Waals surface area contributed by atoms with Crippen molar-refractivity contribution in [3.8, 4) is 0 Å². The zero-order valence-corrected chi connectivity index (χ0v) is 12.2. The van der Waals surface area contributed by atoms with E-state index in [-0.39, 0.29) is 11.7 Å². The highest BCUT2D eigenvalue weighted by molar-refractivity contribution is 7.89. The third kappa shape index (κ3) is 3.17. The first-order valence-corrected chi connectivity index (χ1v) is 8.43. The lowest BCUT2D eigenvalue weighted by Gasteiger charge is -2.38. The quantitative estimate of drug-likeness (QED) is 0.727. The Morgan fingerprint density at radius 1 is 1.39 bits per heavy atom. The molecule has 0 aromatic carbocycles. The number of hydrogen-bond donors (Lipinski definition) is 0. The molecule has 0 amide bonds. The van der Waals surface area contributed by atoms with E-state index < -0.39 is 15.8 Å². The molecule has 1 spiro atoms. The van der Waals surface area contributed by atoms with Gasteiger partial charge in [-0.3, -0.25) is 0 Å². The highest BCUT2D eigenvalue weighted by Gasteiger charge is 2.44. The Morgan fingerprint density at radius 2 is 2.06 bits per heavy atom. The Morgan fingerprint density at radius 3 is 2.67 bits per heavy atom. The van der Waals surface area contributed by atoms with Crippen molar-refractivity contribution in [3.05, 3.63) is 0 Å².